The third kappa shape index (κ3) is 6.03. The Morgan fingerprint density at radius 1 is 1.09 bits per heavy atom. The fourth-order valence-electron chi connectivity index (χ4n) is 4.76. The Kier molecular flexibility index (Phi) is 7.76. The van der Waals surface area contributed by atoms with E-state index in [0.29, 0.717) is 23.7 Å². The third-order valence-electron chi connectivity index (χ3n) is 6.44. The lowest BCUT2D eigenvalue weighted by Gasteiger charge is -2.31. The van der Waals surface area contributed by atoms with E-state index in [1.807, 2.05) is 38.1 Å². The van der Waals surface area contributed by atoms with Gasteiger partial charge < -0.3 is 20.1 Å². The highest BCUT2D eigenvalue weighted by Crippen LogP contribution is 2.32. The molecule has 7 nitrogen and oxygen atoms in total. The smallest absolute Gasteiger partial charge is 0.338 e. The summed E-state index contributed by atoms with van der Waals surface area (Å²) in [5.74, 6) is 0.755. The summed E-state index contributed by atoms with van der Waals surface area (Å²) in [6.07, 6.45) is 1.10. The summed E-state index contributed by atoms with van der Waals surface area (Å²) in [6, 6.07) is 15.3. The molecule has 2 N–H and O–H groups in total. The normalized spacial score (nSPS) is 20.5. The maximum atomic E-state index is 13.1. The van der Waals surface area contributed by atoms with Gasteiger partial charge in [0, 0.05) is 18.8 Å². The minimum atomic E-state index is -0.596. The molecule has 2 aromatic carbocycles. The molecule has 4 rings (SSSR count). The standard InChI is InChI=1S/C28H35N3O4/c1-5-34-27(32)25-24(17-31-15-14-22(16-31)20-8-6-19(4)7-9-20)29-28(33)30-26(25)21-10-12-23(13-11-21)35-18(2)3/h6-13,18,22,26H,5,14-17H2,1-4H3,(H2,29,30,33)/t22-,26+/m1/s1. The first kappa shape index (κ1) is 24.8. The first-order valence-electron chi connectivity index (χ1n) is 12.4. The Balaban J connectivity index is 1.58. The first-order chi connectivity index (χ1) is 16.8. The van der Waals surface area contributed by atoms with Crippen LogP contribution in [-0.4, -0.2) is 49.2 Å². The summed E-state index contributed by atoms with van der Waals surface area (Å²) >= 11 is 0. The van der Waals surface area contributed by atoms with Crippen molar-refractivity contribution < 1.29 is 19.1 Å². The van der Waals surface area contributed by atoms with Gasteiger partial charge in [0.2, 0.25) is 0 Å². The van der Waals surface area contributed by atoms with Crippen molar-refractivity contribution in [2.45, 2.75) is 52.2 Å². The molecule has 2 atom stereocenters. The fraction of sp³-hybridized carbons (Fsp3) is 0.429. The molecule has 0 aliphatic carbocycles. The van der Waals surface area contributed by atoms with Gasteiger partial charge >= 0.3 is 12.0 Å². The predicted octanol–water partition coefficient (Wildman–Crippen LogP) is 4.44. The minimum absolute atomic E-state index is 0.0604. The quantitative estimate of drug-likeness (QED) is 0.550. The van der Waals surface area contributed by atoms with Gasteiger partial charge in [-0.25, -0.2) is 9.59 Å². The molecule has 186 valence electrons. The second kappa shape index (κ2) is 11.0. The van der Waals surface area contributed by atoms with Crippen LogP contribution in [0, 0.1) is 6.92 Å². The first-order valence-corrected chi connectivity index (χ1v) is 12.4. The molecule has 2 aliphatic rings. The summed E-state index contributed by atoms with van der Waals surface area (Å²) < 4.78 is 11.2. The van der Waals surface area contributed by atoms with E-state index in [4.69, 9.17) is 9.47 Å². The van der Waals surface area contributed by atoms with Gasteiger partial charge in [0.1, 0.15) is 5.75 Å². The number of nitrogens with zero attached hydrogens (tertiary/aromatic N) is 1. The molecule has 2 aromatic rings. The highest BCUT2D eigenvalue weighted by Gasteiger charge is 2.35. The van der Waals surface area contributed by atoms with Crippen LogP contribution in [0.4, 0.5) is 4.79 Å². The number of benzene rings is 2. The fourth-order valence-corrected chi connectivity index (χ4v) is 4.76. The van der Waals surface area contributed by atoms with Crippen molar-refractivity contribution in [1.29, 1.82) is 0 Å². The number of likely N-dealkylation sites (tertiary alicyclic amines) is 1. The molecular weight excluding hydrogens is 442 g/mol. The van der Waals surface area contributed by atoms with E-state index in [0.717, 1.165) is 30.8 Å². The van der Waals surface area contributed by atoms with Crippen molar-refractivity contribution in [2.75, 3.05) is 26.2 Å². The zero-order valence-electron chi connectivity index (χ0n) is 21.0. The summed E-state index contributed by atoms with van der Waals surface area (Å²) in [5, 5.41) is 5.80. The van der Waals surface area contributed by atoms with Crippen LogP contribution in [0.2, 0.25) is 0 Å². The van der Waals surface area contributed by atoms with E-state index in [1.165, 1.54) is 11.1 Å². The Labute approximate surface area is 207 Å². The number of hydrogen-bond acceptors (Lipinski definition) is 5. The van der Waals surface area contributed by atoms with Crippen molar-refractivity contribution in [3.8, 4) is 5.75 Å². The molecule has 0 saturated carbocycles. The van der Waals surface area contributed by atoms with Crippen LogP contribution in [0.15, 0.2) is 59.8 Å². The zero-order valence-corrected chi connectivity index (χ0v) is 21.0. The summed E-state index contributed by atoms with van der Waals surface area (Å²) in [4.78, 5) is 28.0. The molecule has 0 aromatic heterocycles. The average molecular weight is 478 g/mol. The number of rotatable bonds is 8. The second-order valence-electron chi connectivity index (χ2n) is 9.51. The van der Waals surface area contributed by atoms with Crippen LogP contribution in [0.5, 0.6) is 5.75 Å². The van der Waals surface area contributed by atoms with Gasteiger partial charge in [-0.15, -0.1) is 0 Å². The molecule has 2 aliphatic heterocycles. The topological polar surface area (TPSA) is 79.9 Å². The van der Waals surface area contributed by atoms with E-state index in [1.54, 1.807) is 6.92 Å². The average Bonchev–Trinajstić information content (AvgIpc) is 3.28. The molecule has 1 fully saturated rings. The summed E-state index contributed by atoms with van der Waals surface area (Å²) in [7, 11) is 0. The third-order valence-corrected chi connectivity index (χ3v) is 6.44. The van der Waals surface area contributed by atoms with E-state index >= 15 is 0 Å². The van der Waals surface area contributed by atoms with Gasteiger partial charge in [0.15, 0.2) is 0 Å². The van der Waals surface area contributed by atoms with Crippen molar-refractivity contribution >= 4 is 12.0 Å². The second-order valence-corrected chi connectivity index (χ2v) is 9.51. The van der Waals surface area contributed by atoms with Gasteiger partial charge in [-0.2, -0.15) is 0 Å². The lowest BCUT2D eigenvalue weighted by atomic mass is 9.94. The number of aryl methyl sites for hydroxylation is 1. The molecule has 0 spiro atoms. The molecule has 1 saturated heterocycles. The number of esters is 1. The number of carbonyl (C=O) groups excluding carboxylic acids is 2. The number of carbonyl (C=O) groups is 2. The highest BCUT2D eigenvalue weighted by molar-refractivity contribution is 5.95. The van der Waals surface area contributed by atoms with E-state index in [-0.39, 0.29) is 18.7 Å². The lowest BCUT2D eigenvalue weighted by molar-refractivity contribution is -0.139. The SMILES string of the molecule is CCOC(=O)C1=C(CN2CC[C@@H](c3ccc(C)cc3)C2)NC(=O)N[C@H]1c1ccc(OC(C)C)cc1. The maximum Gasteiger partial charge on any atom is 0.338 e. The molecule has 0 radical (unpaired) electrons. The maximum absolute atomic E-state index is 13.1. The van der Waals surface area contributed by atoms with Crippen LogP contribution < -0.4 is 15.4 Å². The molecular formula is C28H35N3O4. The Morgan fingerprint density at radius 3 is 2.43 bits per heavy atom. The van der Waals surface area contributed by atoms with Crippen molar-refractivity contribution in [1.82, 2.24) is 15.5 Å². The van der Waals surface area contributed by atoms with Gasteiger partial charge in [-0.1, -0.05) is 42.0 Å². The van der Waals surface area contributed by atoms with E-state index in [2.05, 4.69) is 46.7 Å². The van der Waals surface area contributed by atoms with Crippen LogP contribution in [0.3, 0.4) is 0 Å². The molecule has 35 heavy (non-hydrogen) atoms. The molecule has 7 heteroatoms. The highest BCUT2D eigenvalue weighted by atomic mass is 16.5. The molecule has 2 heterocycles. The Morgan fingerprint density at radius 2 is 1.77 bits per heavy atom. The lowest BCUT2D eigenvalue weighted by Crippen LogP contribution is -2.48. The molecule has 2 amide bonds. The largest absolute Gasteiger partial charge is 0.491 e. The van der Waals surface area contributed by atoms with Gasteiger partial charge in [-0.3, -0.25) is 4.90 Å². The predicted molar refractivity (Wildman–Crippen MR) is 135 cm³/mol. The van der Waals surface area contributed by atoms with E-state index < -0.39 is 12.0 Å². The van der Waals surface area contributed by atoms with E-state index in [9.17, 15) is 9.59 Å². The molecule has 0 bridgehead atoms. The van der Waals surface area contributed by atoms with Crippen LogP contribution >= 0.6 is 0 Å². The number of nitrogens with one attached hydrogen (secondary N) is 2. The van der Waals surface area contributed by atoms with Crippen molar-refractivity contribution in [3.05, 3.63) is 76.5 Å². The van der Waals surface area contributed by atoms with Gasteiger partial charge in [-0.05, 0) is 69.8 Å². The summed E-state index contributed by atoms with van der Waals surface area (Å²) in [6.45, 7) is 10.3. The van der Waals surface area contributed by atoms with Crippen LogP contribution in [0.1, 0.15) is 55.8 Å². The number of urea groups is 1. The van der Waals surface area contributed by atoms with Crippen LogP contribution in [-0.2, 0) is 9.53 Å². The van der Waals surface area contributed by atoms with Crippen LogP contribution in [0.25, 0.3) is 0 Å². The van der Waals surface area contributed by atoms with Gasteiger partial charge in [0.05, 0.1) is 24.3 Å². The Bertz CT molecular complexity index is 1080. The van der Waals surface area contributed by atoms with Crippen molar-refractivity contribution in [3.63, 3.8) is 0 Å². The summed E-state index contributed by atoms with van der Waals surface area (Å²) in [5.41, 5.74) is 4.43. The van der Waals surface area contributed by atoms with Crippen molar-refractivity contribution in [2.24, 2.45) is 0 Å². The molecule has 0 unspecified atom stereocenters. The number of amides is 2. The number of hydrogen-bond donors (Lipinski definition) is 2. The number of ether oxygens (including phenoxy) is 2. The Hall–Kier alpha value is -3.32. The zero-order chi connectivity index (χ0) is 24.9. The monoisotopic (exact) mass is 477 g/mol. The van der Waals surface area contributed by atoms with Gasteiger partial charge in [0.25, 0.3) is 0 Å². The minimum Gasteiger partial charge on any atom is -0.491 e.